The third-order valence-electron chi connectivity index (χ3n) is 7.01. The van der Waals surface area contributed by atoms with E-state index in [4.69, 9.17) is 9.47 Å². The molecular weight excluding hydrogens is 518 g/mol. The number of hydrogen-bond donors (Lipinski definition) is 2. The molecular formula is C33H39N3O5. The van der Waals surface area contributed by atoms with Gasteiger partial charge in [0.25, 0.3) is 0 Å². The van der Waals surface area contributed by atoms with Gasteiger partial charge in [-0.1, -0.05) is 105 Å². The van der Waals surface area contributed by atoms with Crippen LogP contribution in [0, 0.1) is 5.92 Å². The number of rotatable bonds is 12. The first-order chi connectivity index (χ1) is 19.9. The van der Waals surface area contributed by atoms with Crippen molar-refractivity contribution in [1.29, 1.82) is 0 Å². The Morgan fingerprint density at radius 3 is 2.22 bits per heavy atom. The summed E-state index contributed by atoms with van der Waals surface area (Å²) in [7, 11) is 0. The van der Waals surface area contributed by atoms with Crippen LogP contribution in [0.1, 0.15) is 56.0 Å². The molecule has 0 saturated heterocycles. The van der Waals surface area contributed by atoms with Crippen molar-refractivity contribution in [1.82, 2.24) is 10.2 Å². The number of hydrogen-bond acceptors (Lipinski definition) is 6. The summed E-state index contributed by atoms with van der Waals surface area (Å²) in [6, 6.07) is 26.8. The van der Waals surface area contributed by atoms with E-state index in [9.17, 15) is 14.7 Å². The van der Waals surface area contributed by atoms with E-state index in [1.807, 2.05) is 112 Å². The second kappa shape index (κ2) is 14.5. The second-order valence-electron chi connectivity index (χ2n) is 10.5. The number of benzene rings is 3. The van der Waals surface area contributed by atoms with E-state index in [0.717, 1.165) is 16.7 Å². The topological polar surface area (TPSA) is 100 Å². The lowest BCUT2D eigenvalue weighted by Crippen LogP contribution is -2.53. The first-order valence-electron chi connectivity index (χ1n) is 14.1. The van der Waals surface area contributed by atoms with Gasteiger partial charge in [0.2, 0.25) is 11.8 Å². The van der Waals surface area contributed by atoms with Crippen molar-refractivity contribution < 1.29 is 24.2 Å². The Kier molecular flexibility index (Phi) is 10.5. The van der Waals surface area contributed by atoms with Crippen molar-refractivity contribution in [3.05, 3.63) is 108 Å². The van der Waals surface area contributed by atoms with Gasteiger partial charge in [0.1, 0.15) is 18.8 Å². The van der Waals surface area contributed by atoms with Gasteiger partial charge >= 0.3 is 6.09 Å². The number of aliphatic hydroxyl groups excluding tert-OH is 1. The molecule has 0 aliphatic carbocycles. The van der Waals surface area contributed by atoms with Crippen LogP contribution in [0.3, 0.4) is 0 Å². The van der Waals surface area contributed by atoms with E-state index in [1.54, 1.807) is 4.90 Å². The van der Waals surface area contributed by atoms with Crippen LogP contribution in [0.2, 0.25) is 0 Å². The number of likely N-dealkylation sites (N-methyl/N-ethyl adjacent to an activating group) is 1. The summed E-state index contributed by atoms with van der Waals surface area (Å²) in [6.45, 7) is 6.59. The largest absolute Gasteiger partial charge is 0.469 e. The molecule has 0 radical (unpaired) electrons. The Bertz CT molecular complexity index is 1280. The van der Waals surface area contributed by atoms with Crippen LogP contribution in [0.4, 0.5) is 4.79 Å². The molecule has 0 spiro atoms. The molecule has 1 aliphatic heterocycles. The van der Waals surface area contributed by atoms with E-state index in [2.05, 4.69) is 10.3 Å². The maximum absolute atomic E-state index is 14.1. The molecule has 0 aromatic heterocycles. The number of aliphatic hydroxyl groups is 1. The quantitative estimate of drug-likeness (QED) is 0.309. The van der Waals surface area contributed by atoms with Gasteiger partial charge in [0.05, 0.1) is 12.6 Å². The van der Waals surface area contributed by atoms with Crippen molar-refractivity contribution in [3.63, 3.8) is 0 Å². The third kappa shape index (κ3) is 7.95. The predicted octanol–water partition coefficient (Wildman–Crippen LogP) is 5.45. The van der Waals surface area contributed by atoms with Crippen LogP contribution < -0.4 is 5.32 Å². The summed E-state index contributed by atoms with van der Waals surface area (Å²) in [5, 5.41) is 14.5. The minimum absolute atomic E-state index is 0.0951. The average Bonchev–Trinajstić information content (AvgIpc) is 3.50. The highest BCUT2D eigenvalue weighted by Gasteiger charge is 2.39. The van der Waals surface area contributed by atoms with Gasteiger partial charge in [0, 0.05) is 6.54 Å². The van der Waals surface area contributed by atoms with Crippen molar-refractivity contribution in [2.75, 3.05) is 13.1 Å². The van der Waals surface area contributed by atoms with E-state index >= 15 is 0 Å². The van der Waals surface area contributed by atoms with Crippen molar-refractivity contribution in [2.24, 2.45) is 10.9 Å². The van der Waals surface area contributed by atoms with Gasteiger partial charge < -0.3 is 24.8 Å². The number of nitrogens with zero attached hydrogens (tertiary/aromatic N) is 2. The molecule has 0 bridgehead atoms. The lowest BCUT2D eigenvalue weighted by atomic mass is 9.96. The normalized spacial score (nSPS) is 16.7. The smallest absolute Gasteiger partial charge is 0.408 e. The van der Waals surface area contributed by atoms with Gasteiger partial charge in [-0.3, -0.25) is 4.79 Å². The SMILES string of the molecule is CCN(C(=O)C(CC(C)C)NC(=O)OCc1ccccc1)C(c1ccccc1)C(O)C1=NCC(c2ccccc2)O1. The van der Waals surface area contributed by atoms with Crippen molar-refractivity contribution in [2.45, 2.75) is 58.1 Å². The summed E-state index contributed by atoms with van der Waals surface area (Å²) in [6.07, 6.45) is -1.78. The van der Waals surface area contributed by atoms with Gasteiger partial charge in [0.15, 0.2) is 6.10 Å². The summed E-state index contributed by atoms with van der Waals surface area (Å²) in [5.74, 6) is -0.00934. The Morgan fingerprint density at radius 1 is 1.00 bits per heavy atom. The second-order valence-corrected chi connectivity index (χ2v) is 10.5. The molecule has 2 N–H and O–H groups in total. The predicted molar refractivity (Wildman–Crippen MR) is 158 cm³/mol. The van der Waals surface area contributed by atoms with E-state index in [1.165, 1.54) is 0 Å². The fourth-order valence-electron chi connectivity index (χ4n) is 5.01. The Labute approximate surface area is 242 Å². The molecule has 1 heterocycles. The van der Waals surface area contributed by atoms with Crippen LogP contribution >= 0.6 is 0 Å². The first-order valence-corrected chi connectivity index (χ1v) is 14.1. The summed E-state index contributed by atoms with van der Waals surface area (Å²) in [4.78, 5) is 33.0. The van der Waals surface area contributed by atoms with E-state index in [-0.39, 0.29) is 30.4 Å². The summed E-state index contributed by atoms with van der Waals surface area (Å²) in [5.41, 5.74) is 2.55. The number of amides is 2. The van der Waals surface area contributed by atoms with E-state index < -0.39 is 24.3 Å². The highest BCUT2D eigenvalue weighted by Crippen LogP contribution is 2.31. The number of alkyl carbamates (subject to hydrolysis) is 1. The first kappa shape index (κ1) is 29.8. The number of carbonyl (C=O) groups is 2. The number of nitrogens with one attached hydrogen (secondary N) is 1. The minimum atomic E-state index is -1.21. The zero-order valence-corrected chi connectivity index (χ0v) is 23.9. The number of ether oxygens (including phenoxy) is 2. The van der Waals surface area contributed by atoms with Crippen molar-refractivity contribution in [3.8, 4) is 0 Å². The zero-order chi connectivity index (χ0) is 29.2. The Morgan fingerprint density at radius 2 is 1.61 bits per heavy atom. The molecule has 3 aromatic rings. The molecule has 0 saturated carbocycles. The van der Waals surface area contributed by atoms with Gasteiger partial charge in [-0.15, -0.1) is 0 Å². The molecule has 4 unspecified atom stereocenters. The maximum Gasteiger partial charge on any atom is 0.408 e. The molecule has 216 valence electrons. The molecule has 41 heavy (non-hydrogen) atoms. The lowest BCUT2D eigenvalue weighted by Gasteiger charge is -2.37. The molecule has 2 amide bonds. The van der Waals surface area contributed by atoms with Crippen LogP contribution in [0.15, 0.2) is 96.0 Å². The molecule has 1 aliphatic rings. The molecule has 0 fully saturated rings. The minimum Gasteiger partial charge on any atom is -0.469 e. The van der Waals surface area contributed by atoms with Crippen molar-refractivity contribution >= 4 is 17.9 Å². The summed E-state index contributed by atoms with van der Waals surface area (Å²) >= 11 is 0. The van der Waals surface area contributed by atoms with Crippen LogP contribution in [-0.2, 0) is 20.9 Å². The fraction of sp³-hybridized carbons (Fsp3) is 0.364. The molecule has 3 aromatic carbocycles. The van der Waals surface area contributed by atoms with E-state index in [0.29, 0.717) is 19.5 Å². The molecule has 8 heteroatoms. The van der Waals surface area contributed by atoms with Gasteiger partial charge in [-0.2, -0.15) is 0 Å². The zero-order valence-electron chi connectivity index (χ0n) is 23.9. The third-order valence-corrected chi connectivity index (χ3v) is 7.01. The monoisotopic (exact) mass is 557 g/mol. The van der Waals surface area contributed by atoms with Gasteiger partial charge in [-0.25, -0.2) is 9.79 Å². The number of carbonyl (C=O) groups excluding carboxylic acids is 2. The summed E-state index contributed by atoms with van der Waals surface area (Å²) < 4.78 is 11.5. The molecule has 8 nitrogen and oxygen atoms in total. The Hall–Kier alpha value is -4.17. The van der Waals surface area contributed by atoms with Gasteiger partial charge in [-0.05, 0) is 36.0 Å². The average molecular weight is 558 g/mol. The standard InChI is InChI=1S/C33H39N3O5/c1-4-36(32(38)27(20-23(2)3)35-33(39)40-22-24-14-8-5-9-15-24)29(26-18-12-7-13-19-26)30(37)31-34-21-28(41-31)25-16-10-6-11-17-25/h5-19,23,27-30,37H,4,20-22H2,1-3H3,(H,35,39). The number of aliphatic imine (C=N–C) groups is 1. The lowest BCUT2D eigenvalue weighted by molar-refractivity contribution is -0.138. The Balaban J connectivity index is 1.54. The highest BCUT2D eigenvalue weighted by atomic mass is 16.5. The van der Waals surface area contributed by atoms with Crippen LogP contribution in [0.25, 0.3) is 0 Å². The maximum atomic E-state index is 14.1. The molecule has 4 atom stereocenters. The molecule has 4 rings (SSSR count). The van der Waals surface area contributed by atoms with Crippen LogP contribution in [-0.4, -0.2) is 53.1 Å². The highest BCUT2D eigenvalue weighted by molar-refractivity contribution is 5.88. The van der Waals surface area contributed by atoms with Crippen LogP contribution in [0.5, 0.6) is 0 Å². The fourth-order valence-corrected chi connectivity index (χ4v) is 5.01.